The number of aromatic nitrogens is 2. The Balaban J connectivity index is 1.19. The van der Waals surface area contributed by atoms with Crippen LogP contribution < -0.4 is 4.74 Å². The van der Waals surface area contributed by atoms with Crippen molar-refractivity contribution in [2.24, 2.45) is 17.8 Å². The summed E-state index contributed by atoms with van der Waals surface area (Å²) in [5, 5.41) is 1.05. The van der Waals surface area contributed by atoms with E-state index in [-0.39, 0.29) is 36.0 Å². The van der Waals surface area contributed by atoms with E-state index in [1.165, 1.54) is 12.1 Å². The average Bonchev–Trinajstić information content (AvgIpc) is 3.07. The number of piperidine rings is 1. The van der Waals surface area contributed by atoms with E-state index in [9.17, 15) is 18.0 Å². The Bertz CT molecular complexity index is 1070. The second-order valence-electron chi connectivity index (χ2n) is 7.64. The third kappa shape index (κ3) is 3.22. The van der Waals surface area contributed by atoms with Crippen LogP contribution in [0.3, 0.4) is 0 Å². The van der Waals surface area contributed by atoms with Crippen LogP contribution in [0.5, 0.6) is 5.75 Å². The molecule has 1 aliphatic heterocycles. The Morgan fingerprint density at radius 3 is 2.76 bits per heavy atom. The summed E-state index contributed by atoms with van der Waals surface area (Å²) in [6.45, 7) is 1.43. The molecule has 1 amide bonds. The van der Waals surface area contributed by atoms with Gasteiger partial charge in [-0.3, -0.25) is 4.79 Å². The Morgan fingerprint density at radius 1 is 1.21 bits per heavy atom. The molecule has 2 fully saturated rings. The highest BCUT2D eigenvalue weighted by atomic mass is 19.4. The summed E-state index contributed by atoms with van der Waals surface area (Å²) < 4.78 is 44.5. The molecule has 8 heteroatoms. The van der Waals surface area contributed by atoms with E-state index in [0.717, 1.165) is 17.1 Å². The normalized spacial score (nSPS) is 23.3. The van der Waals surface area contributed by atoms with Crippen LogP contribution in [-0.2, 0) is 6.18 Å². The van der Waals surface area contributed by atoms with E-state index >= 15 is 0 Å². The van der Waals surface area contributed by atoms with Gasteiger partial charge in [0.15, 0.2) is 5.69 Å². The van der Waals surface area contributed by atoms with E-state index in [1.807, 2.05) is 35.4 Å². The molecule has 5 nitrogen and oxygen atoms in total. The Labute approximate surface area is 164 Å². The van der Waals surface area contributed by atoms with Gasteiger partial charge in [0, 0.05) is 42.5 Å². The lowest BCUT2D eigenvalue weighted by Gasteiger charge is -2.20. The molecule has 1 N–H and O–H groups in total. The predicted molar refractivity (Wildman–Crippen MR) is 99.4 cm³/mol. The molecule has 1 aromatic carbocycles. The van der Waals surface area contributed by atoms with Gasteiger partial charge in [-0.15, -0.1) is 0 Å². The first-order valence-corrected chi connectivity index (χ1v) is 9.43. The van der Waals surface area contributed by atoms with Crippen molar-refractivity contribution in [3.63, 3.8) is 0 Å². The first-order chi connectivity index (χ1) is 13.9. The molecule has 1 aliphatic carbocycles. The molecule has 150 valence electrons. The van der Waals surface area contributed by atoms with Gasteiger partial charge in [-0.05, 0) is 47.6 Å². The number of likely N-dealkylation sites (tertiary alicyclic amines) is 1. The van der Waals surface area contributed by atoms with E-state index in [0.29, 0.717) is 18.7 Å². The van der Waals surface area contributed by atoms with E-state index < -0.39 is 11.9 Å². The molecule has 0 spiro atoms. The van der Waals surface area contributed by atoms with Crippen molar-refractivity contribution in [1.82, 2.24) is 14.9 Å². The Morgan fingerprint density at radius 2 is 2.00 bits per heavy atom. The third-order valence-corrected chi connectivity index (χ3v) is 5.93. The van der Waals surface area contributed by atoms with Crippen LogP contribution >= 0.6 is 0 Å². The molecule has 2 aliphatic rings. The van der Waals surface area contributed by atoms with Gasteiger partial charge in [-0.25, -0.2) is 4.98 Å². The van der Waals surface area contributed by atoms with Gasteiger partial charge in [0.05, 0.1) is 6.61 Å². The number of halogens is 3. The van der Waals surface area contributed by atoms with Gasteiger partial charge in [-0.1, -0.05) is 6.07 Å². The molecule has 3 heterocycles. The maximum Gasteiger partial charge on any atom is 0.437 e. The van der Waals surface area contributed by atoms with Crippen molar-refractivity contribution in [3.8, 4) is 5.75 Å². The van der Waals surface area contributed by atoms with Gasteiger partial charge in [0.25, 0.3) is 5.91 Å². The molecular weight excluding hydrogens is 383 g/mol. The summed E-state index contributed by atoms with van der Waals surface area (Å²) in [4.78, 5) is 21.1. The van der Waals surface area contributed by atoms with Gasteiger partial charge < -0.3 is 14.6 Å². The molecule has 29 heavy (non-hydrogen) atoms. The lowest BCUT2D eigenvalue weighted by atomic mass is 10.1. The zero-order valence-electron chi connectivity index (χ0n) is 15.3. The van der Waals surface area contributed by atoms with Crippen molar-refractivity contribution >= 4 is 16.8 Å². The number of hydrogen-bond acceptors (Lipinski definition) is 3. The minimum absolute atomic E-state index is 0.0139. The largest absolute Gasteiger partial charge is 0.491 e. The quantitative estimate of drug-likeness (QED) is 0.720. The second-order valence-corrected chi connectivity index (χ2v) is 7.64. The zero-order valence-corrected chi connectivity index (χ0v) is 15.3. The van der Waals surface area contributed by atoms with Crippen molar-refractivity contribution < 1.29 is 22.7 Å². The van der Waals surface area contributed by atoms with Crippen LogP contribution in [0, 0.1) is 17.8 Å². The van der Waals surface area contributed by atoms with Crippen molar-refractivity contribution in [2.75, 3.05) is 19.7 Å². The fourth-order valence-electron chi connectivity index (χ4n) is 4.33. The van der Waals surface area contributed by atoms with Crippen LogP contribution in [0.2, 0.25) is 0 Å². The van der Waals surface area contributed by atoms with Crippen LogP contribution in [0.4, 0.5) is 13.2 Å². The van der Waals surface area contributed by atoms with Crippen LogP contribution in [0.1, 0.15) is 16.1 Å². The molecule has 0 bridgehead atoms. The molecular formula is C21H18F3N3O2. The number of fused-ring (bicyclic) bond motifs is 2. The summed E-state index contributed by atoms with van der Waals surface area (Å²) in [6.07, 6.45) is -1.60. The molecule has 3 aromatic rings. The topological polar surface area (TPSA) is 58.2 Å². The van der Waals surface area contributed by atoms with E-state index in [2.05, 4.69) is 9.97 Å². The standard InChI is InChI=1S/C21H18F3N3O2/c22-21(23,24)19-18(2-1-6-26-19)29-11-16-14-9-27(10-15(14)16)20(28)13-4-3-12-5-7-25-17(12)8-13/h1-8,14-16,25H,9-11H2/t14-,15?,16?/m0/s1. The summed E-state index contributed by atoms with van der Waals surface area (Å²) in [7, 11) is 0. The molecule has 3 atom stereocenters. The van der Waals surface area contributed by atoms with Crippen LogP contribution in [-0.4, -0.2) is 40.5 Å². The summed E-state index contributed by atoms with van der Waals surface area (Å²) in [6, 6.07) is 10.3. The highest BCUT2D eigenvalue weighted by molar-refractivity contribution is 5.98. The first-order valence-electron chi connectivity index (χ1n) is 9.43. The number of aromatic amines is 1. The maximum atomic E-state index is 13.0. The minimum Gasteiger partial charge on any atom is -0.491 e. The number of rotatable bonds is 4. The number of hydrogen-bond donors (Lipinski definition) is 1. The van der Waals surface area contributed by atoms with Gasteiger partial charge in [-0.2, -0.15) is 13.2 Å². The number of nitrogens with zero attached hydrogens (tertiary/aromatic N) is 2. The number of nitrogens with one attached hydrogen (secondary N) is 1. The number of ether oxygens (including phenoxy) is 1. The zero-order chi connectivity index (χ0) is 20.2. The van der Waals surface area contributed by atoms with Crippen molar-refractivity contribution in [3.05, 3.63) is 60.0 Å². The molecule has 1 saturated heterocycles. The lowest BCUT2D eigenvalue weighted by Crippen LogP contribution is -2.32. The molecule has 2 unspecified atom stereocenters. The monoisotopic (exact) mass is 401 g/mol. The SMILES string of the molecule is O=C(c1ccc2cc[nH]c2c1)N1CC2C(COc3cccnc3C(F)(F)F)[C@H]2C1. The predicted octanol–water partition coefficient (Wildman–Crippen LogP) is 3.98. The minimum atomic E-state index is -4.54. The second kappa shape index (κ2) is 6.50. The Kier molecular flexibility index (Phi) is 4.04. The third-order valence-electron chi connectivity index (χ3n) is 5.93. The summed E-state index contributed by atoms with van der Waals surface area (Å²) >= 11 is 0. The van der Waals surface area contributed by atoms with Gasteiger partial charge >= 0.3 is 6.18 Å². The highest BCUT2D eigenvalue weighted by Gasteiger charge is 2.57. The number of carbonyl (C=O) groups excluding carboxylic acids is 1. The number of carbonyl (C=O) groups is 1. The molecule has 1 saturated carbocycles. The number of pyridine rings is 1. The van der Waals surface area contributed by atoms with Crippen molar-refractivity contribution in [1.29, 1.82) is 0 Å². The fraction of sp³-hybridized carbons (Fsp3) is 0.333. The molecule has 0 radical (unpaired) electrons. The molecule has 2 aromatic heterocycles. The van der Waals surface area contributed by atoms with E-state index in [4.69, 9.17) is 4.74 Å². The van der Waals surface area contributed by atoms with Gasteiger partial charge in [0.2, 0.25) is 0 Å². The fourth-order valence-corrected chi connectivity index (χ4v) is 4.33. The number of alkyl halides is 3. The number of amides is 1. The maximum absolute atomic E-state index is 13.0. The van der Waals surface area contributed by atoms with Gasteiger partial charge in [0.1, 0.15) is 5.75 Å². The van der Waals surface area contributed by atoms with Crippen molar-refractivity contribution in [2.45, 2.75) is 6.18 Å². The Hall–Kier alpha value is -3.03. The lowest BCUT2D eigenvalue weighted by molar-refractivity contribution is -0.142. The number of benzene rings is 1. The summed E-state index contributed by atoms with van der Waals surface area (Å²) in [5.74, 6) is 0.474. The summed E-state index contributed by atoms with van der Waals surface area (Å²) in [5.41, 5.74) is 0.560. The first kappa shape index (κ1) is 18.0. The van der Waals surface area contributed by atoms with Crippen LogP contribution in [0.25, 0.3) is 10.9 Å². The average molecular weight is 401 g/mol. The van der Waals surface area contributed by atoms with E-state index in [1.54, 1.807) is 0 Å². The number of H-pyrrole nitrogens is 1. The molecule has 5 rings (SSSR count). The smallest absolute Gasteiger partial charge is 0.437 e. The highest BCUT2D eigenvalue weighted by Crippen LogP contribution is 2.52. The van der Waals surface area contributed by atoms with Crippen LogP contribution in [0.15, 0.2) is 48.8 Å².